The highest BCUT2D eigenvalue weighted by atomic mass is 15.2. The van der Waals surface area contributed by atoms with Crippen LogP contribution in [-0.4, -0.2) is 36.1 Å². The van der Waals surface area contributed by atoms with Gasteiger partial charge < -0.3 is 5.32 Å². The molecule has 1 rings (SSSR count). The number of terminal acetylenes is 1. The lowest BCUT2D eigenvalue weighted by atomic mass is 10.0. The van der Waals surface area contributed by atoms with Crippen molar-refractivity contribution in [2.45, 2.75) is 38.8 Å². The summed E-state index contributed by atoms with van der Waals surface area (Å²) in [5, 5.41) is 3.48. The van der Waals surface area contributed by atoms with Gasteiger partial charge >= 0.3 is 0 Å². The minimum atomic E-state index is 0.211. The number of nitrogens with zero attached hydrogens (tertiary/aromatic N) is 1. The molecule has 0 aromatic heterocycles. The van der Waals surface area contributed by atoms with E-state index in [2.05, 4.69) is 36.9 Å². The summed E-state index contributed by atoms with van der Waals surface area (Å²) in [6, 6.07) is 0.321. The molecule has 0 saturated carbocycles. The normalized spacial score (nSPS) is 25.1. The molecule has 0 aromatic rings. The van der Waals surface area contributed by atoms with E-state index in [-0.39, 0.29) is 5.54 Å². The van der Waals surface area contributed by atoms with Gasteiger partial charge in [0.05, 0.1) is 6.04 Å². The summed E-state index contributed by atoms with van der Waals surface area (Å²) < 4.78 is 0. The van der Waals surface area contributed by atoms with Crippen LogP contribution in [0.4, 0.5) is 0 Å². The molecule has 2 nitrogen and oxygen atoms in total. The van der Waals surface area contributed by atoms with Crippen molar-refractivity contribution in [2.75, 3.05) is 19.6 Å². The summed E-state index contributed by atoms with van der Waals surface area (Å²) in [5.41, 5.74) is 0.211. The predicted octanol–water partition coefficient (Wildman–Crippen LogP) is 1.08. The fourth-order valence-corrected chi connectivity index (χ4v) is 1.93. The van der Waals surface area contributed by atoms with Crippen molar-refractivity contribution in [3.63, 3.8) is 0 Å². The second-order valence-electron chi connectivity index (χ2n) is 4.37. The van der Waals surface area contributed by atoms with Crippen LogP contribution >= 0.6 is 0 Å². The van der Waals surface area contributed by atoms with Crippen molar-refractivity contribution in [3.8, 4) is 12.3 Å². The van der Waals surface area contributed by atoms with Gasteiger partial charge in [0.15, 0.2) is 0 Å². The molecule has 0 amide bonds. The molecule has 1 unspecified atom stereocenters. The molecule has 1 atom stereocenters. The topological polar surface area (TPSA) is 15.3 Å². The third kappa shape index (κ3) is 2.72. The minimum Gasteiger partial charge on any atom is -0.309 e. The van der Waals surface area contributed by atoms with Crippen LogP contribution in [-0.2, 0) is 0 Å². The number of nitrogens with one attached hydrogen (secondary N) is 1. The first kappa shape index (κ1) is 10.6. The molecule has 1 heterocycles. The Morgan fingerprint density at radius 3 is 2.77 bits per heavy atom. The Labute approximate surface area is 81.7 Å². The highest BCUT2D eigenvalue weighted by Crippen LogP contribution is 2.14. The summed E-state index contributed by atoms with van der Waals surface area (Å²) in [5.74, 6) is 2.86. The first-order chi connectivity index (χ1) is 6.09. The first-order valence-corrected chi connectivity index (χ1v) is 5.04. The molecule has 1 N–H and O–H groups in total. The molecule has 0 bridgehead atoms. The van der Waals surface area contributed by atoms with Crippen LogP contribution in [0.1, 0.15) is 27.2 Å². The Morgan fingerprint density at radius 1 is 1.62 bits per heavy atom. The van der Waals surface area contributed by atoms with Crippen LogP contribution < -0.4 is 5.32 Å². The fourth-order valence-electron chi connectivity index (χ4n) is 1.93. The molecule has 13 heavy (non-hydrogen) atoms. The number of piperazine rings is 1. The van der Waals surface area contributed by atoms with Crippen molar-refractivity contribution in [1.82, 2.24) is 10.2 Å². The highest BCUT2D eigenvalue weighted by molar-refractivity contribution is 5.02. The summed E-state index contributed by atoms with van der Waals surface area (Å²) in [7, 11) is 0. The molecule has 1 aliphatic rings. The van der Waals surface area contributed by atoms with Crippen LogP contribution in [0.15, 0.2) is 0 Å². The van der Waals surface area contributed by atoms with Gasteiger partial charge in [-0.3, -0.25) is 4.90 Å². The zero-order chi connectivity index (χ0) is 9.90. The monoisotopic (exact) mass is 180 g/mol. The number of rotatable bonds is 2. The number of hydrogen-bond donors (Lipinski definition) is 1. The molecule has 74 valence electrons. The van der Waals surface area contributed by atoms with Crippen molar-refractivity contribution >= 4 is 0 Å². The largest absolute Gasteiger partial charge is 0.309 e. The van der Waals surface area contributed by atoms with Gasteiger partial charge in [-0.1, -0.05) is 12.8 Å². The van der Waals surface area contributed by atoms with Gasteiger partial charge in [-0.15, -0.1) is 6.42 Å². The van der Waals surface area contributed by atoms with E-state index in [0.717, 1.165) is 26.1 Å². The second-order valence-corrected chi connectivity index (χ2v) is 4.37. The Bertz CT molecular complexity index is 203. The van der Waals surface area contributed by atoms with Gasteiger partial charge in [-0.2, -0.15) is 0 Å². The van der Waals surface area contributed by atoms with E-state index in [9.17, 15) is 0 Å². The molecule has 1 saturated heterocycles. The van der Waals surface area contributed by atoms with E-state index in [0.29, 0.717) is 6.04 Å². The van der Waals surface area contributed by atoms with Crippen LogP contribution in [0.2, 0.25) is 0 Å². The average molecular weight is 180 g/mol. The lowest BCUT2D eigenvalue weighted by molar-refractivity contribution is 0.130. The molecular formula is C11H20N2. The highest BCUT2D eigenvalue weighted by Gasteiger charge is 2.28. The molecular weight excluding hydrogens is 160 g/mol. The summed E-state index contributed by atoms with van der Waals surface area (Å²) in [6.45, 7) is 9.78. The molecule has 2 heteroatoms. The van der Waals surface area contributed by atoms with Crippen LogP contribution in [0.5, 0.6) is 0 Å². The van der Waals surface area contributed by atoms with Gasteiger partial charge in [-0.05, 0) is 20.3 Å². The molecule has 1 aliphatic heterocycles. The third-order valence-corrected chi connectivity index (χ3v) is 2.62. The quantitative estimate of drug-likeness (QED) is 0.640. The van der Waals surface area contributed by atoms with Crippen LogP contribution in [0.3, 0.4) is 0 Å². The van der Waals surface area contributed by atoms with Crippen molar-refractivity contribution in [3.05, 3.63) is 0 Å². The van der Waals surface area contributed by atoms with Gasteiger partial charge in [0.25, 0.3) is 0 Å². The molecule has 0 aliphatic carbocycles. The van der Waals surface area contributed by atoms with Gasteiger partial charge in [0.1, 0.15) is 0 Å². The standard InChI is InChI=1S/C11H20N2/c1-5-10(6-2)13-8-7-12-11(3,4)9-13/h1,10,12H,6-9H2,2-4H3. The van der Waals surface area contributed by atoms with E-state index in [1.54, 1.807) is 0 Å². The maximum atomic E-state index is 5.49. The Hall–Kier alpha value is -0.520. The van der Waals surface area contributed by atoms with E-state index < -0.39 is 0 Å². The zero-order valence-electron chi connectivity index (χ0n) is 8.93. The van der Waals surface area contributed by atoms with Crippen molar-refractivity contribution < 1.29 is 0 Å². The summed E-state index contributed by atoms with van der Waals surface area (Å²) in [4.78, 5) is 2.40. The SMILES string of the molecule is C#CC(CC)N1CCNC(C)(C)C1. The predicted molar refractivity (Wildman–Crippen MR) is 56.6 cm³/mol. The molecule has 1 fully saturated rings. The van der Waals surface area contributed by atoms with Gasteiger partial charge in [0.2, 0.25) is 0 Å². The summed E-state index contributed by atoms with van der Waals surface area (Å²) >= 11 is 0. The zero-order valence-corrected chi connectivity index (χ0v) is 8.93. The Balaban J connectivity index is 2.56. The van der Waals surface area contributed by atoms with Crippen molar-refractivity contribution in [2.24, 2.45) is 0 Å². The van der Waals surface area contributed by atoms with Crippen LogP contribution in [0, 0.1) is 12.3 Å². The van der Waals surface area contributed by atoms with E-state index in [1.165, 1.54) is 0 Å². The fraction of sp³-hybridized carbons (Fsp3) is 0.818. The minimum absolute atomic E-state index is 0.211. The van der Waals surface area contributed by atoms with Crippen LogP contribution in [0.25, 0.3) is 0 Å². The Kier molecular flexibility index (Phi) is 3.35. The maximum Gasteiger partial charge on any atom is 0.0710 e. The summed E-state index contributed by atoms with van der Waals surface area (Å²) in [6.07, 6.45) is 6.54. The van der Waals surface area contributed by atoms with Crippen molar-refractivity contribution in [1.29, 1.82) is 0 Å². The van der Waals surface area contributed by atoms with E-state index in [4.69, 9.17) is 6.42 Å². The average Bonchev–Trinajstić information content (AvgIpc) is 2.05. The molecule has 0 spiro atoms. The smallest absolute Gasteiger partial charge is 0.0710 e. The Morgan fingerprint density at radius 2 is 2.31 bits per heavy atom. The van der Waals surface area contributed by atoms with E-state index >= 15 is 0 Å². The lowest BCUT2D eigenvalue weighted by Gasteiger charge is -2.41. The molecule has 0 radical (unpaired) electrons. The lowest BCUT2D eigenvalue weighted by Crippen LogP contribution is -2.59. The van der Waals surface area contributed by atoms with E-state index in [1.807, 2.05) is 0 Å². The second kappa shape index (κ2) is 4.13. The maximum absolute atomic E-state index is 5.49. The van der Waals surface area contributed by atoms with Gasteiger partial charge in [0, 0.05) is 25.2 Å². The van der Waals surface area contributed by atoms with Gasteiger partial charge in [-0.25, -0.2) is 0 Å². The molecule has 0 aromatic carbocycles. The number of hydrogen-bond acceptors (Lipinski definition) is 2. The first-order valence-electron chi connectivity index (χ1n) is 5.04. The third-order valence-electron chi connectivity index (χ3n) is 2.62.